The Labute approximate surface area is 163 Å². The zero-order valence-corrected chi connectivity index (χ0v) is 16.1. The number of aromatic nitrogens is 1. The first-order valence-electron chi connectivity index (χ1n) is 9.42. The second kappa shape index (κ2) is 7.56. The number of fused-ring (bicyclic) bond motifs is 1. The van der Waals surface area contributed by atoms with Crippen molar-refractivity contribution in [2.75, 3.05) is 33.2 Å². The highest BCUT2D eigenvalue weighted by Crippen LogP contribution is 2.24. The number of benzene rings is 1. The van der Waals surface area contributed by atoms with Crippen LogP contribution in [0.15, 0.2) is 53.8 Å². The Kier molecular flexibility index (Phi) is 4.96. The molecule has 0 atom stereocenters. The van der Waals surface area contributed by atoms with Crippen molar-refractivity contribution < 1.29 is 9.18 Å². The largest absolute Gasteiger partial charge is 0.313 e. The molecule has 28 heavy (non-hydrogen) atoms. The number of hydrogen-bond acceptors (Lipinski definition) is 4. The van der Waals surface area contributed by atoms with Gasteiger partial charge in [-0.2, -0.15) is 5.10 Å². The summed E-state index contributed by atoms with van der Waals surface area (Å²) in [6, 6.07) is 11.5. The zero-order chi connectivity index (χ0) is 19.7. The maximum Gasteiger partial charge on any atom is 0.210 e. The van der Waals surface area contributed by atoms with E-state index in [0.29, 0.717) is 11.3 Å². The van der Waals surface area contributed by atoms with Crippen LogP contribution >= 0.6 is 0 Å². The number of ketones is 1. The van der Waals surface area contributed by atoms with E-state index < -0.39 is 0 Å². The summed E-state index contributed by atoms with van der Waals surface area (Å²) >= 11 is 0. The molecule has 0 radical (unpaired) electrons. The third kappa shape index (κ3) is 3.43. The molecule has 0 spiro atoms. The summed E-state index contributed by atoms with van der Waals surface area (Å²) in [7, 11) is 2.11. The molecule has 2 aromatic heterocycles. The molecule has 1 aliphatic rings. The maximum atomic E-state index is 13.2. The SMILES string of the molecule is Cc1c(/C=N/N2CCN(C)CC2)c2ccccn2c1C(=O)c1ccc(F)cc1. The molecule has 1 saturated heterocycles. The minimum absolute atomic E-state index is 0.127. The van der Waals surface area contributed by atoms with Gasteiger partial charge in [0.25, 0.3) is 0 Å². The quantitative estimate of drug-likeness (QED) is 0.517. The summed E-state index contributed by atoms with van der Waals surface area (Å²) in [6.45, 7) is 5.69. The Morgan fingerprint density at radius 3 is 2.50 bits per heavy atom. The van der Waals surface area contributed by atoms with Gasteiger partial charge in [0.1, 0.15) is 5.82 Å². The topological polar surface area (TPSA) is 40.3 Å². The van der Waals surface area contributed by atoms with Crippen LogP contribution in [0.2, 0.25) is 0 Å². The number of piperazine rings is 1. The predicted molar refractivity (Wildman–Crippen MR) is 109 cm³/mol. The summed E-state index contributed by atoms with van der Waals surface area (Å²) in [5, 5.41) is 6.73. The third-order valence-electron chi connectivity index (χ3n) is 5.29. The minimum atomic E-state index is -0.353. The number of hydrogen-bond donors (Lipinski definition) is 0. The van der Waals surface area contributed by atoms with Crippen LogP contribution in [0.25, 0.3) is 5.52 Å². The van der Waals surface area contributed by atoms with Gasteiger partial charge in [0.05, 0.1) is 17.4 Å². The number of rotatable bonds is 4. The summed E-state index contributed by atoms with van der Waals surface area (Å²) in [4.78, 5) is 15.4. The van der Waals surface area contributed by atoms with Gasteiger partial charge in [0.2, 0.25) is 5.78 Å². The van der Waals surface area contributed by atoms with E-state index in [1.807, 2.05) is 41.9 Å². The monoisotopic (exact) mass is 378 g/mol. The maximum absolute atomic E-state index is 13.2. The number of carbonyl (C=O) groups excluding carboxylic acids is 1. The fraction of sp³-hybridized carbons (Fsp3) is 0.273. The van der Waals surface area contributed by atoms with Gasteiger partial charge in [0.15, 0.2) is 0 Å². The van der Waals surface area contributed by atoms with Crippen LogP contribution in [-0.4, -0.2) is 59.5 Å². The van der Waals surface area contributed by atoms with Crippen molar-refractivity contribution in [3.05, 3.63) is 76.9 Å². The molecular weight excluding hydrogens is 355 g/mol. The average molecular weight is 378 g/mol. The molecule has 4 rings (SSSR count). The molecule has 0 amide bonds. The molecular formula is C22H23FN4O. The molecule has 0 N–H and O–H groups in total. The highest BCUT2D eigenvalue weighted by atomic mass is 19.1. The number of halogens is 1. The van der Waals surface area contributed by atoms with Gasteiger partial charge >= 0.3 is 0 Å². The third-order valence-corrected chi connectivity index (χ3v) is 5.29. The highest BCUT2D eigenvalue weighted by Gasteiger charge is 2.21. The summed E-state index contributed by atoms with van der Waals surface area (Å²) in [5.41, 5.74) is 3.80. The molecule has 1 fully saturated rings. The van der Waals surface area contributed by atoms with Crippen LogP contribution in [0.4, 0.5) is 4.39 Å². The lowest BCUT2D eigenvalue weighted by Gasteiger charge is -2.30. The normalized spacial score (nSPS) is 15.6. The Balaban J connectivity index is 1.73. The minimum Gasteiger partial charge on any atom is -0.313 e. The Bertz CT molecular complexity index is 1030. The van der Waals surface area contributed by atoms with E-state index in [-0.39, 0.29) is 11.6 Å². The van der Waals surface area contributed by atoms with Crippen molar-refractivity contribution in [2.24, 2.45) is 5.10 Å². The van der Waals surface area contributed by atoms with Crippen LogP contribution < -0.4 is 0 Å². The van der Waals surface area contributed by atoms with Crippen molar-refractivity contribution in [2.45, 2.75) is 6.92 Å². The lowest BCUT2D eigenvalue weighted by molar-refractivity contribution is 0.103. The van der Waals surface area contributed by atoms with Crippen molar-refractivity contribution in [3.8, 4) is 0 Å². The lowest BCUT2D eigenvalue weighted by atomic mass is 10.0. The van der Waals surface area contributed by atoms with Crippen LogP contribution in [-0.2, 0) is 0 Å². The zero-order valence-electron chi connectivity index (χ0n) is 16.1. The molecule has 5 nitrogen and oxygen atoms in total. The average Bonchev–Trinajstić information content (AvgIpc) is 2.99. The molecule has 144 valence electrons. The fourth-order valence-electron chi connectivity index (χ4n) is 3.59. The van der Waals surface area contributed by atoms with Gasteiger partial charge < -0.3 is 9.30 Å². The number of likely N-dealkylation sites (N-methyl/N-ethyl adjacent to an activating group) is 1. The first-order chi connectivity index (χ1) is 13.5. The Morgan fingerprint density at radius 2 is 1.79 bits per heavy atom. The molecule has 6 heteroatoms. The molecule has 0 aliphatic carbocycles. The van der Waals surface area contributed by atoms with Gasteiger partial charge in [0, 0.05) is 43.5 Å². The van der Waals surface area contributed by atoms with Crippen molar-refractivity contribution in [3.63, 3.8) is 0 Å². The van der Waals surface area contributed by atoms with Crippen molar-refractivity contribution >= 4 is 17.5 Å². The summed E-state index contributed by atoms with van der Waals surface area (Å²) < 4.78 is 15.1. The number of pyridine rings is 1. The molecule has 3 heterocycles. The molecule has 0 bridgehead atoms. The Morgan fingerprint density at radius 1 is 1.07 bits per heavy atom. The first-order valence-corrected chi connectivity index (χ1v) is 9.42. The summed E-state index contributed by atoms with van der Waals surface area (Å²) in [6.07, 6.45) is 3.74. The molecule has 3 aromatic rings. The second-order valence-corrected chi connectivity index (χ2v) is 7.18. The number of hydrazone groups is 1. The number of carbonyl (C=O) groups is 1. The van der Waals surface area contributed by atoms with Crippen LogP contribution in [0.3, 0.4) is 0 Å². The van der Waals surface area contributed by atoms with E-state index >= 15 is 0 Å². The molecule has 0 unspecified atom stereocenters. The lowest BCUT2D eigenvalue weighted by Crippen LogP contribution is -2.41. The standard InChI is InChI=1S/C22H23FN4O/c1-16-19(15-24-26-13-11-25(2)12-14-26)20-5-3-4-10-27(20)21(16)22(28)17-6-8-18(23)9-7-17/h3-10,15H,11-14H2,1-2H3/b24-15+. The van der Waals surface area contributed by atoms with E-state index in [2.05, 4.69) is 22.1 Å². The van der Waals surface area contributed by atoms with E-state index in [1.165, 1.54) is 24.3 Å². The second-order valence-electron chi connectivity index (χ2n) is 7.18. The van der Waals surface area contributed by atoms with E-state index in [1.54, 1.807) is 0 Å². The van der Waals surface area contributed by atoms with E-state index in [9.17, 15) is 9.18 Å². The Hall–Kier alpha value is -2.99. The molecule has 1 aliphatic heterocycles. The van der Waals surface area contributed by atoms with Gasteiger partial charge in [-0.3, -0.25) is 9.80 Å². The predicted octanol–water partition coefficient (Wildman–Crippen LogP) is 3.20. The highest BCUT2D eigenvalue weighted by molar-refractivity contribution is 6.11. The van der Waals surface area contributed by atoms with Crippen LogP contribution in [0, 0.1) is 12.7 Å². The van der Waals surface area contributed by atoms with Crippen molar-refractivity contribution in [1.29, 1.82) is 0 Å². The van der Waals surface area contributed by atoms with Crippen LogP contribution in [0.5, 0.6) is 0 Å². The van der Waals surface area contributed by atoms with Crippen molar-refractivity contribution in [1.82, 2.24) is 14.3 Å². The fourth-order valence-corrected chi connectivity index (χ4v) is 3.59. The van der Waals surface area contributed by atoms with Gasteiger partial charge in [-0.05, 0) is 55.9 Å². The van der Waals surface area contributed by atoms with Gasteiger partial charge in [-0.1, -0.05) is 6.07 Å². The van der Waals surface area contributed by atoms with Crippen LogP contribution in [0.1, 0.15) is 27.2 Å². The molecule has 1 aromatic carbocycles. The summed E-state index contributed by atoms with van der Waals surface area (Å²) in [5.74, 6) is -0.480. The first kappa shape index (κ1) is 18.4. The van der Waals surface area contributed by atoms with E-state index in [4.69, 9.17) is 0 Å². The van der Waals surface area contributed by atoms with E-state index in [0.717, 1.165) is 42.8 Å². The number of nitrogens with zero attached hydrogens (tertiary/aromatic N) is 4. The van der Waals surface area contributed by atoms with Gasteiger partial charge in [-0.15, -0.1) is 0 Å². The molecule has 0 saturated carbocycles. The van der Waals surface area contributed by atoms with Gasteiger partial charge in [-0.25, -0.2) is 4.39 Å². The smallest absolute Gasteiger partial charge is 0.210 e.